The van der Waals surface area contributed by atoms with Gasteiger partial charge in [-0.3, -0.25) is 0 Å². The van der Waals surface area contributed by atoms with Gasteiger partial charge < -0.3 is 20.3 Å². The molecule has 0 aliphatic carbocycles. The molecule has 3 N–H and O–H groups in total. The Morgan fingerprint density at radius 3 is 2.43 bits per heavy atom. The maximum absolute atomic E-state index is 9.61. The van der Waals surface area contributed by atoms with Crippen molar-refractivity contribution in [3.8, 4) is 0 Å². The molecule has 0 saturated carbocycles. The molecule has 4 heteroatoms. The summed E-state index contributed by atoms with van der Waals surface area (Å²) in [6.07, 6.45) is 0.204. The zero-order valence-corrected chi connectivity index (χ0v) is 9.58. The van der Waals surface area contributed by atoms with Crippen molar-refractivity contribution >= 4 is 0 Å². The average molecular weight is 205 g/mol. The summed E-state index contributed by atoms with van der Waals surface area (Å²) in [5.74, 6) is 0. The van der Waals surface area contributed by atoms with E-state index >= 15 is 0 Å². The average Bonchev–Trinajstić information content (AvgIpc) is 2.02. The molecule has 0 amide bonds. The van der Waals surface area contributed by atoms with Gasteiger partial charge in [0, 0.05) is 13.2 Å². The van der Waals surface area contributed by atoms with E-state index in [2.05, 4.69) is 5.32 Å². The zero-order valence-electron chi connectivity index (χ0n) is 9.58. The number of methoxy groups -OCH3 is 1. The minimum absolute atomic E-state index is 0.0113. The van der Waals surface area contributed by atoms with Crippen molar-refractivity contribution < 1.29 is 14.9 Å². The molecular weight excluding hydrogens is 182 g/mol. The summed E-state index contributed by atoms with van der Waals surface area (Å²) in [5, 5.41) is 22.1. The zero-order chi connectivity index (χ0) is 11.2. The first kappa shape index (κ1) is 13.8. The van der Waals surface area contributed by atoms with Crippen LogP contribution in [-0.2, 0) is 4.74 Å². The third kappa shape index (κ3) is 6.32. The highest BCUT2D eigenvalue weighted by atomic mass is 16.5. The summed E-state index contributed by atoms with van der Waals surface area (Å²) in [6.45, 7) is 6.48. The maximum atomic E-state index is 9.61. The second-order valence-corrected chi connectivity index (χ2v) is 4.23. The summed E-state index contributed by atoms with van der Waals surface area (Å²) >= 11 is 0. The third-order valence-electron chi connectivity index (χ3n) is 2.35. The van der Waals surface area contributed by atoms with Crippen LogP contribution in [0.25, 0.3) is 0 Å². The third-order valence-corrected chi connectivity index (χ3v) is 2.35. The molecule has 0 saturated heterocycles. The van der Waals surface area contributed by atoms with Crippen LogP contribution in [0.4, 0.5) is 0 Å². The maximum Gasteiger partial charge on any atom is 0.0785 e. The van der Waals surface area contributed by atoms with Gasteiger partial charge in [0.1, 0.15) is 0 Å². The number of nitrogens with one attached hydrogen (secondary N) is 1. The van der Waals surface area contributed by atoms with E-state index in [1.807, 2.05) is 6.92 Å². The molecule has 0 aliphatic heterocycles. The molecule has 0 spiro atoms. The monoisotopic (exact) mass is 205 g/mol. The highest BCUT2D eigenvalue weighted by Crippen LogP contribution is 2.07. The fourth-order valence-electron chi connectivity index (χ4n) is 0.992. The van der Waals surface area contributed by atoms with Gasteiger partial charge in [-0.15, -0.1) is 0 Å². The SMILES string of the molecule is COCC(O)CCNC(C)C(C)(C)O. The molecule has 0 radical (unpaired) electrons. The Morgan fingerprint density at radius 2 is 2.00 bits per heavy atom. The van der Waals surface area contributed by atoms with Crippen molar-refractivity contribution in [3.63, 3.8) is 0 Å². The van der Waals surface area contributed by atoms with Crippen LogP contribution in [-0.4, -0.2) is 48.2 Å². The molecule has 0 bridgehead atoms. The second kappa shape index (κ2) is 6.35. The van der Waals surface area contributed by atoms with Gasteiger partial charge in [0.2, 0.25) is 0 Å². The topological polar surface area (TPSA) is 61.7 Å². The quantitative estimate of drug-likeness (QED) is 0.553. The molecular formula is C10H23NO3. The van der Waals surface area contributed by atoms with E-state index in [0.717, 1.165) is 0 Å². The lowest BCUT2D eigenvalue weighted by atomic mass is 10.0. The van der Waals surface area contributed by atoms with E-state index in [1.54, 1.807) is 21.0 Å². The molecule has 0 aromatic rings. The van der Waals surface area contributed by atoms with Crippen LogP contribution in [0, 0.1) is 0 Å². The van der Waals surface area contributed by atoms with Crippen LogP contribution in [0.3, 0.4) is 0 Å². The smallest absolute Gasteiger partial charge is 0.0785 e. The fourth-order valence-corrected chi connectivity index (χ4v) is 0.992. The van der Waals surface area contributed by atoms with Crippen molar-refractivity contribution in [2.45, 2.75) is 44.9 Å². The molecule has 86 valence electrons. The van der Waals surface area contributed by atoms with Crippen molar-refractivity contribution in [2.75, 3.05) is 20.3 Å². The Balaban J connectivity index is 3.54. The van der Waals surface area contributed by atoms with Gasteiger partial charge >= 0.3 is 0 Å². The predicted octanol–water partition coefficient (Wildman–Crippen LogP) is 0.133. The minimum Gasteiger partial charge on any atom is -0.391 e. The summed E-state index contributed by atoms with van der Waals surface area (Å²) in [6, 6.07) is 0.0113. The molecule has 0 rings (SSSR count). The van der Waals surface area contributed by atoms with Crippen LogP contribution in [0.15, 0.2) is 0 Å². The predicted molar refractivity (Wildman–Crippen MR) is 56.3 cm³/mol. The molecule has 2 atom stereocenters. The highest BCUT2D eigenvalue weighted by Gasteiger charge is 2.21. The van der Waals surface area contributed by atoms with E-state index < -0.39 is 11.7 Å². The van der Waals surface area contributed by atoms with E-state index in [1.165, 1.54) is 0 Å². The normalized spacial score (nSPS) is 16.7. The molecule has 0 fully saturated rings. The molecule has 0 aromatic carbocycles. The van der Waals surface area contributed by atoms with Crippen molar-refractivity contribution in [1.82, 2.24) is 5.32 Å². The first-order valence-electron chi connectivity index (χ1n) is 5.00. The second-order valence-electron chi connectivity index (χ2n) is 4.23. The van der Waals surface area contributed by atoms with E-state index in [-0.39, 0.29) is 6.04 Å². The van der Waals surface area contributed by atoms with Crippen LogP contribution in [0.2, 0.25) is 0 Å². The summed E-state index contributed by atoms with van der Waals surface area (Å²) in [4.78, 5) is 0. The van der Waals surface area contributed by atoms with Gasteiger partial charge in [0.15, 0.2) is 0 Å². The Labute approximate surface area is 86.3 Å². The lowest BCUT2D eigenvalue weighted by Crippen LogP contribution is -2.45. The summed E-state index contributed by atoms with van der Waals surface area (Å²) < 4.78 is 4.80. The standard InChI is InChI=1S/C10H23NO3/c1-8(10(2,3)13)11-6-5-9(12)7-14-4/h8-9,11-13H,5-7H2,1-4H3. The first-order chi connectivity index (χ1) is 6.38. The molecule has 14 heavy (non-hydrogen) atoms. The van der Waals surface area contributed by atoms with Gasteiger partial charge in [0.25, 0.3) is 0 Å². The number of hydrogen-bond acceptors (Lipinski definition) is 4. The lowest BCUT2D eigenvalue weighted by molar-refractivity contribution is 0.0365. The van der Waals surface area contributed by atoms with Gasteiger partial charge in [-0.1, -0.05) is 0 Å². The largest absolute Gasteiger partial charge is 0.391 e. The lowest BCUT2D eigenvalue weighted by Gasteiger charge is -2.27. The van der Waals surface area contributed by atoms with E-state index in [9.17, 15) is 10.2 Å². The molecule has 4 nitrogen and oxygen atoms in total. The van der Waals surface area contributed by atoms with E-state index in [4.69, 9.17) is 4.74 Å². The van der Waals surface area contributed by atoms with Crippen LogP contribution in [0.1, 0.15) is 27.2 Å². The number of rotatable bonds is 7. The van der Waals surface area contributed by atoms with Crippen molar-refractivity contribution in [2.24, 2.45) is 0 Å². The van der Waals surface area contributed by atoms with Crippen molar-refractivity contribution in [1.29, 1.82) is 0 Å². The Kier molecular flexibility index (Phi) is 6.27. The van der Waals surface area contributed by atoms with Crippen molar-refractivity contribution in [3.05, 3.63) is 0 Å². The molecule has 0 aromatic heterocycles. The first-order valence-corrected chi connectivity index (χ1v) is 5.00. The summed E-state index contributed by atoms with van der Waals surface area (Å²) in [5.41, 5.74) is -0.730. The van der Waals surface area contributed by atoms with Crippen LogP contribution < -0.4 is 5.32 Å². The van der Waals surface area contributed by atoms with E-state index in [0.29, 0.717) is 19.6 Å². The Hall–Kier alpha value is -0.160. The van der Waals surface area contributed by atoms with Gasteiger partial charge in [-0.05, 0) is 33.7 Å². The van der Waals surface area contributed by atoms with Gasteiger partial charge in [-0.25, -0.2) is 0 Å². The Bertz CT molecular complexity index is 145. The number of aliphatic hydroxyl groups excluding tert-OH is 1. The van der Waals surface area contributed by atoms with Crippen LogP contribution >= 0.6 is 0 Å². The fraction of sp³-hybridized carbons (Fsp3) is 1.00. The van der Waals surface area contributed by atoms with Gasteiger partial charge in [-0.2, -0.15) is 0 Å². The highest BCUT2D eigenvalue weighted by molar-refractivity contribution is 4.79. The molecule has 2 unspecified atom stereocenters. The molecule has 0 heterocycles. The molecule has 0 aliphatic rings. The number of aliphatic hydroxyl groups is 2. The summed E-state index contributed by atoms with van der Waals surface area (Å²) in [7, 11) is 1.57. The number of ether oxygens (including phenoxy) is 1. The van der Waals surface area contributed by atoms with Crippen LogP contribution in [0.5, 0.6) is 0 Å². The number of hydrogen-bond donors (Lipinski definition) is 3. The minimum atomic E-state index is -0.730. The van der Waals surface area contributed by atoms with Gasteiger partial charge in [0.05, 0.1) is 18.3 Å². The Morgan fingerprint density at radius 1 is 1.43 bits per heavy atom.